The van der Waals surface area contributed by atoms with Crippen molar-refractivity contribution in [1.29, 1.82) is 0 Å². The zero-order valence-corrected chi connectivity index (χ0v) is 27.2. The highest BCUT2D eigenvalue weighted by Crippen LogP contribution is 2.68. The largest absolute Gasteiger partial charge is 0.484 e. The fourth-order valence-corrected chi connectivity index (χ4v) is 11.2. The molecule has 2 N–H and O–H groups in total. The number of hydrogen-bond acceptors (Lipinski definition) is 9. The van der Waals surface area contributed by atoms with Crippen molar-refractivity contribution in [2.75, 3.05) is 16.8 Å². The molecule has 3 amide bonds. The number of H-pyrrole nitrogens is 1. The topological polar surface area (TPSA) is 152 Å². The number of ether oxygens (including phenoxy) is 1. The Kier molecular flexibility index (Phi) is 7.63. The number of carbonyl (C=O) groups is 3. The first kappa shape index (κ1) is 32.3. The van der Waals surface area contributed by atoms with E-state index in [0.29, 0.717) is 17.9 Å². The minimum absolute atomic E-state index is 0.0586. The molecule has 1 saturated heterocycles. The highest BCUT2D eigenvalue weighted by Gasteiger charge is 2.69. The Bertz CT molecular complexity index is 2120. The summed E-state index contributed by atoms with van der Waals surface area (Å²) in [6.07, 6.45) is -3.97. The maximum atomic E-state index is 13.9. The molecule has 16 heteroatoms. The van der Waals surface area contributed by atoms with Gasteiger partial charge in [-0.15, -0.1) is 11.8 Å². The van der Waals surface area contributed by atoms with Gasteiger partial charge in [0.1, 0.15) is 5.75 Å². The highest BCUT2D eigenvalue weighted by molar-refractivity contribution is 8.00. The van der Waals surface area contributed by atoms with Crippen LogP contribution in [0.5, 0.6) is 5.75 Å². The lowest BCUT2D eigenvalue weighted by atomic mass is 9.68. The Morgan fingerprint density at radius 2 is 1.66 bits per heavy atom. The molecule has 0 radical (unpaired) electrons. The zero-order valence-electron chi connectivity index (χ0n) is 25.6. The first-order chi connectivity index (χ1) is 23.9. The number of para-hydroxylation sites is 1. The number of fused-ring (bicyclic) bond motifs is 9. The van der Waals surface area contributed by atoms with Gasteiger partial charge in [0.25, 0.3) is 11.6 Å². The van der Waals surface area contributed by atoms with Gasteiger partial charge in [0, 0.05) is 28.2 Å². The third-order valence-corrected chi connectivity index (χ3v) is 12.7. The first-order valence-corrected chi connectivity index (χ1v) is 17.3. The van der Waals surface area contributed by atoms with Crippen LogP contribution in [0.15, 0.2) is 82.6 Å². The van der Waals surface area contributed by atoms with Crippen molar-refractivity contribution in [1.82, 2.24) is 4.98 Å². The molecule has 2 aliphatic heterocycles. The standard InChI is InChI=1S/C34H25F3N4O7S2/c35-34(36,37)21-3-1-2-4-22(21)38-23(42)14-48-18-11-5-15(6-12-18)24-25-19-13-20(28(25)49-30-29(24)50-33(45)39-30)27-26(19)31(43)40(32(27)44)16-7-9-17(10-8-16)41(46)47/h1-12,19-20,24-28H,13-14H2,(H,38,42)(H,39,45)/t19-,20-,24-,25?,26?,27?,28?/m1/s1. The number of anilines is 2. The summed E-state index contributed by atoms with van der Waals surface area (Å²) in [6.45, 7) is -0.534. The molecule has 2 saturated carbocycles. The number of hydrogen-bond donors (Lipinski definition) is 2. The third-order valence-electron chi connectivity index (χ3n) is 10.2. The normalized spacial score (nSPS) is 26.4. The second kappa shape index (κ2) is 11.8. The maximum absolute atomic E-state index is 13.9. The van der Waals surface area contributed by atoms with E-state index in [-0.39, 0.29) is 57.0 Å². The second-order valence-electron chi connectivity index (χ2n) is 12.7. The lowest BCUT2D eigenvalue weighted by molar-refractivity contribution is -0.384. The molecule has 3 aromatic carbocycles. The average molecular weight is 723 g/mol. The van der Waals surface area contributed by atoms with E-state index in [9.17, 15) is 42.5 Å². The number of alkyl halides is 3. The van der Waals surface area contributed by atoms with E-state index in [1.165, 1.54) is 36.4 Å². The second-order valence-corrected chi connectivity index (χ2v) is 14.9. The summed E-state index contributed by atoms with van der Waals surface area (Å²) in [4.78, 5) is 68.2. The van der Waals surface area contributed by atoms with Crippen molar-refractivity contribution in [3.8, 4) is 5.75 Å². The van der Waals surface area contributed by atoms with Crippen molar-refractivity contribution in [3.05, 3.63) is 109 Å². The van der Waals surface area contributed by atoms with Crippen LogP contribution in [0.25, 0.3) is 0 Å². The number of rotatable bonds is 7. The Labute approximate surface area is 289 Å². The molecule has 0 spiro atoms. The zero-order chi connectivity index (χ0) is 35.1. The number of benzene rings is 3. The number of halogens is 3. The minimum atomic E-state index is -4.64. The quantitative estimate of drug-likeness (QED) is 0.133. The number of amides is 3. The predicted octanol–water partition coefficient (Wildman–Crippen LogP) is 6.06. The number of thiazole rings is 1. The average Bonchev–Trinajstić information content (AvgIpc) is 3.82. The van der Waals surface area contributed by atoms with Crippen LogP contribution in [0.3, 0.4) is 0 Å². The molecule has 4 unspecified atom stereocenters. The molecular weight excluding hydrogens is 698 g/mol. The number of carbonyl (C=O) groups excluding carboxylic acids is 3. The van der Waals surface area contributed by atoms with Gasteiger partial charge in [-0.3, -0.25) is 34.2 Å². The van der Waals surface area contributed by atoms with Crippen molar-refractivity contribution in [3.63, 3.8) is 0 Å². The number of thioether (sulfide) groups is 1. The maximum Gasteiger partial charge on any atom is 0.418 e. The molecular formula is C34H25F3N4O7S2. The Morgan fingerprint density at radius 1 is 0.980 bits per heavy atom. The van der Waals surface area contributed by atoms with Crippen molar-refractivity contribution < 1.29 is 37.2 Å². The number of nitro benzene ring substituents is 1. The van der Waals surface area contributed by atoms with E-state index >= 15 is 0 Å². The van der Waals surface area contributed by atoms with Gasteiger partial charge in [0.15, 0.2) is 6.61 Å². The van der Waals surface area contributed by atoms with Crippen LogP contribution in [-0.4, -0.2) is 39.5 Å². The van der Waals surface area contributed by atoms with Gasteiger partial charge in [-0.25, -0.2) is 0 Å². The number of imide groups is 1. The van der Waals surface area contributed by atoms with Crippen LogP contribution >= 0.6 is 23.1 Å². The summed E-state index contributed by atoms with van der Waals surface area (Å²) in [5, 5.41) is 14.1. The van der Waals surface area contributed by atoms with Gasteiger partial charge in [-0.2, -0.15) is 13.2 Å². The number of nitrogens with one attached hydrogen (secondary N) is 2. The Balaban J connectivity index is 1.03. The number of aromatic nitrogens is 1. The molecule has 1 aromatic heterocycles. The number of non-ortho nitro benzene ring substituents is 1. The minimum Gasteiger partial charge on any atom is -0.484 e. The summed E-state index contributed by atoms with van der Waals surface area (Å²) in [5.74, 6) is -2.82. The SMILES string of the molecule is O=C(COc1ccc([C@H]2c3sc(=O)[nH]c3SC3C2[C@H]2C[C@@H]3C3C(=O)N(c4ccc([N+](=O)[O-])cc4)C(=O)C32)cc1)Nc1ccccc1C(F)(F)F. The van der Waals surface area contributed by atoms with Gasteiger partial charge in [0.2, 0.25) is 11.8 Å². The number of nitrogens with zero attached hydrogens (tertiary/aromatic N) is 2. The van der Waals surface area contributed by atoms with E-state index in [4.69, 9.17) is 4.74 Å². The van der Waals surface area contributed by atoms with Crippen molar-refractivity contribution in [2.24, 2.45) is 29.6 Å². The molecule has 3 heterocycles. The molecule has 2 bridgehead atoms. The van der Waals surface area contributed by atoms with Crippen LogP contribution < -0.4 is 19.8 Å². The van der Waals surface area contributed by atoms with Gasteiger partial charge in [-0.05, 0) is 66.1 Å². The summed E-state index contributed by atoms with van der Waals surface area (Å²) < 4.78 is 45.6. The lowest BCUT2D eigenvalue weighted by Crippen LogP contribution is -2.42. The molecule has 8 rings (SSSR count). The van der Waals surface area contributed by atoms with Gasteiger partial charge >= 0.3 is 11.0 Å². The fraction of sp³-hybridized carbons (Fsp3) is 0.294. The lowest BCUT2D eigenvalue weighted by Gasteiger charge is -2.43. The molecule has 256 valence electrons. The summed E-state index contributed by atoms with van der Waals surface area (Å²) in [7, 11) is 0. The van der Waals surface area contributed by atoms with E-state index in [0.717, 1.165) is 43.8 Å². The highest BCUT2D eigenvalue weighted by atomic mass is 32.2. The van der Waals surface area contributed by atoms with Crippen molar-refractivity contribution >= 4 is 57.9 Å². The third kappa shape index (κ3) is 5.19. The van der Waals surface area contributed by atoms with Crippen LogP contribution in [0.1, 0.15) is 28.3 Å². The van der Waals surface area contributed by atoms with Gasteiger partial charge in [-0.1, -0.05) is 35.6 Å². The van der Waals surface area contributed by atoms with Crippen LogP contribution in [0.4, 0.5) is 30.2 Å². The summed E-state index contributed by atoms with van der Waals surface area (Å²) in [5.41, 5.74) is -0.348. The van der Waals surface area contributed by atoms with Crippen LogP contribution in [0.2, 0.25) is 0 Å². The molecule has 50 heavy (non-hydrogen) atoms. The predicted molar refractivity (Wildman–Crippen MR) is 176 cm³/mol. The Morgan fingerprint density at radius 3 is 2.34 bits per heavy atom. The molecule has 7 atom stereocenters. The van der Waals surface area contributed by atoms with E-state index in [1.54, 1.807) is 23.9 Å². The van der Waals surface area contributed by atoms with Gasteiger partial charge < -0.3 is 15.0 Å². The van der Waals surface area contributed by atoms with Gasteiger partial charge in [0.05, 0.1) is 38.7 Å². The Hall–Kier alpha value is -4.96. The summed E-state index contributed by atoms with van der Waals surface area (Å²) in [6, 6.07) is 16.9. The number of aromatic amines is 1. The summed E-state index contributed by atoms with van der Waals surface area (Å²) >= 11 is 2.65. The van der Waals surface area contributed by atoms with E-state index < -0.39 is 41.0 Å². The monoisotopic (exact) mass is 722 g/mol. The van der Waals surface area contributed by atoms with Crippen LogP contribution in [0, 0.1) is 39.7 Å². The first-order valence-electron chi connectivity index (χ1n) is 15.6. The smallest absolute Gasteiger partial charge is 0.418 e. The van der Waals surface area contributed by atoms with E-state index in [2.05, 4.69) is 10.3 Å². The van der Waals surface area contributed by atoms with E-state index in [1.807, 2.05) is 12.1 Å². The number of nitro groups is 1. The van der Waals surface area contributed by atoms with Crippen molar-refractivity contribution in [2.45, 2.75) is 28.8 Å². The molecule has 11 nitrogen and oxygen atoms in total. The van der Waals surface area contributed by atoms with Crippen LogP contribution in [-0.2, 0) is 20.6 Å². The molecule has 2 aliphatic carbocycles. The fourth-order valence-electron chi connectivity index (χ4n) is 8.31. The molecule has 3 fully saturated rings. The molecule has 4 aromatic rings. The molecule has 4 aliphatic rings.